The number of unbranched alkanes of at least 4 members (excludes halogenated alkanes) is 39. The van der Waals surface area contributed by atoms with E-state index in [1.807, 2.05) is 0 Å². The zero-order valence-corrected chi connectivity index (χ0v) is 65.5. The maximum Gasteiger partial charge on any atom is 0.472 e. The van der Waals surface area contributed by atoms with Crippen molar-refractivity contribution in [3.63, 3.8) is 0 Å². The molecule has 0 saturated carbocycles. The number of aliphatic hydroxyl groups is 1. The van der Waals surface area contributed by atoms with E-state index in [1.165, 1.54) is 193 Å². The molecule has 3 N–H and O–H groups in total. The minimum absolute atomic E-state index is 0.104. The summed E-state index contributed by atoms with van der Waals surface area (Å²) in [5.41, 5.74) is 0. The van der Waals surface area contributed by atoms with Crippen molar-refractivity contribution in [1.82, 2.24) is 0 Å². The van der Waals surface area contributed by atoms with Crippen LogP contribution in [0, 0.1) is 23.7 Å². The van der Waals surface area contributed by atoms with E-state index in [0.29, 0.717) is 25.7 Å². The average molecular weight is 1420 g/mol. The van der Waals surface area contributed by atoms with E-state index in [1.54, 1.807) is 0 Å². The molecule has 0 aliphatic rings. The summed E-state index contributed by atoms with van der Waals surface area (Å²) in [6.07, 6.45) is 52.7. The van der Waals surface area contributed by atoms with Gasteiger partial charge in [0.05, 0.1) is 26.4 Å². The molecule has 97 heavy (non-hydrogen) atoms. The van der Waals surface area contributed by atoms with Gasteiger partial charge in [-0.15, -0.1) is 0 Å². The maximum absolute atomic E-state index is 13.1. The Morgan fingerprint density at radius 2 is 0.495 bits per heavy atom. The Kier molecular flexibility index (Phi) is 65.9. The van der Waals surface area contributed by atoms with Crippen LogP contribution in [0.4, 0.5) is 0 Å². The SMILES string of the molecule is CCC(C)CCCCCCCCCCC(=O)O[C@H](COC(=O)CCCCCCCCC(C)CC)COP(=O)(O)OC[C@H](O)COP(=O)(O)OC[C@@H](COC(=O)CCCCCCCCCCCCCCCCCCC(C)C)OC(=O)CCCCCCCCCCCCCCCC(C)C. The monoisotopic (exact) mass is 1420 g/mol. The highest BCUT2D eigenvalue weighted by molar-refractivity contribution is 7.47. The van der Waals surface area contributed by atoms with Gasteiger partial charge in [0.25, 0.3) is 0 Å². The van der Waals surface area contributed by atoms with E-state index in [4.69, 9.17) is 37.0 Å². The molecule has 0 saturated heterocycles. The molecule has 0 aromatic rings. The van der Waals surface area contributed by atoms with Crippen LogP contribution in [0.15, 0.2) is 0 Å². The summed E-state index contributed by atoms with van der Waals surface area (Å²) >= 11 is 0. The summed E-state index contributed by atoms with van der Waals surface area (Å²) in [5, 5.41) is 10.6. The second-order valence-electron chi connectivity index (χ2n) is 29.5. The Morgan fingerprint density at radius 3 is 0.732 bits per heavy atom. The van der Waals surface area contributed by atoms with Crippen LogP contribution < -0.4 is 0 Å². The number of ether oxygens (including phenoxy) is 4. The molecule has 0 heterocycles. The van der Waals surface area contributed by atoms with Gasteiger partial charge in [-0.1, -0.05) is 344 Å². The number of hydrogen-bond donors (Lipinski definition) is 3. The van der Waals surface area contributed by atoms with Gasteiger partial charge in [-0.25, -0.2) is 9.13 Å². The van der Waals surface area contributed by atoms with E-state index < -0.39 is 97.5 Å². The van der Waals surface area contributed by atoms with Crippen LogP contribution in [0.3, 0.4) is 0 Å². The molecular weight excluding hydrogens is 1270 g/mol. The molecular formula is C78H152O17P2. The van der Waals surface area contributed by atoms with Gasteiger partial charge in [-0.3, -0.25) is 37.3 Å². The Bertz CT molecular complexity index is 1910. The lowest BCUT2D eigenvalue weighted by Gasteiger charge is -2.21. The Balaban J connectivity index is 5.24. The van der Waals surface area contributed by atoms with Crippen LogP contribution in [0.25, 0.3) is 0 Å². The smallest absolute Gasteiger partial charge is 0.462 e. The maximum atomic E-state index is 13.1. The first-order valence-corrected chi connectivity index (χ1v) is 43.3. The molecule has 0 rings (SSSR count). The predicted octanol–water partition coefficient (Wildman–Crippen LogP) is 22.8. The number of carbonyl (C=O) groups excluding carboxylic acids is 4. The fourth-order valence-corrected chi connectivity index (χ4v) is 13.4. The normalized spacial score (nSPS) is 14.6. The molecule has 4 unspecified atom stereocenters. The Morgan fingerprint density at radius 1 is 0.289 bits per heavy atom. The highest BCUT2D eigenvalue weighted by Crippen LogP contribution is 2.45. The Hall–Kier alpha value is -1.94. The van der Waals surface area contributed by atoms with Crippen molar-refractivity contribution in [2.75, 3.05) is 39.6 Å². The van der Waals surface area contributed by atoms with Crippen LogP contribution >= 0.6 is 15.6 Å². The summed E-state index contributed by atoms with van der Waals surface area (Å²) in [5.74, 6) is 0.979. The summed E-state index contributed by atoms with van der Waals surface area (Å²) in [6, 6.07) is 0. The van der Waals surface area contributed by atoms with Gasteiger partial charge in [-0.2, -0.15) is 0 Å². The van der Waals surface area contributed by atoms with Gasteiger partial charge < -0.3 is 33.8 Å². The standard InChI is InChI=1S/C78H152O17P2/c1-9-70(7)56-48-40-32-28-29-35-45-53-61-78(83)95-74(65-89-76(81)59-51-43-37-36-41-49-57-71(8)10-2)67-93-97(86,87)91-63-72(79)62-90-96(84,85)92-66-73(94-77(82)60-52-44-34-27-23-19-15-17-21-25-31-39-47-55-69(5)6)64-88-75(80)58-50-42-33-26-22-18-14-12-11-13-16-20-24-30-38-46-54-68(3)4/h68-74,79H,9-67H2,1-8H3,(H,84,85)(H,86,87)/t70?,71?,72-,73-,74-/m1/s1. The first-order chi connectivity index (χ1) is 46.7. The second-order valence-corrected chi connectivity index (χ2v) is 32.4. The second kappa shape index (κ2) is 67.2. The molecule has 19 heteroatoms. The van der Waals surface area contributed by atoms with Crippen LogP contribution in [-0.4, -0.2) is 96.7 Å². The third-order valence-corrected chi connectivity index (χ3v) is 20.7. The molecule has 576 valence electrons. The van der Waals surface area contributed by atoms with Crippen molar-refractivity contribution in [3.8, 4) is 0 Å². The topological polar surface area (TPSA) is 237 Å². The van der Waals surface area contributed by atoms with E-state index in [-0.39, 0.29) is 25.7 Å². The van der Waals surface area contributed by atoms with E-state index >= 15 is 0 Å². The quantitative estimate of drug-likeness (QED) is 0.0222. The van der Waals surface area contributed by atoms with Crippen LogP contribution in [0.1, 0.15) is 396 Å². The molecule has 0 radical (unpaired) electrons. The number of hydrogen-bond acceptors (Lipinski definition) is 15. The minimum Gasteiger partial charge on any atom is -0.462 e. The number of phosphoric acid groups is 2. The van der Waals surface area contributed by atoms with Gasteiger partial charge in [0.1, 0.15) is 19.3 Å². The zero-order chi connectivity index (χ0) is 71.7. The molecule has 0 bridgehead atoms. The highest BCUT2D eigenvalue weighted by Gasteiger charge is 2.30. The molecule has 0 aliphatic heterocycles. The highest BCUT2D eigenvalue weighted by atomic mass is 31.2. The third-order valence-electron chi connectivity index (χ3n) is 18.8. The lowest BCUT2D eigenvalue weighted by Crippen LogP contribution is -2.30. The number of carbonyl (C=O) groups is 4. The molecule has 0 aromatic heterocycles. The molecule has 0 spiro atoms. The fourth-order valence-electron chi connectivity index (χ4n) is 11.8. The van der Waals surface area contributed by atoms with Gasteiger partial charge in [0, 0.05) is 25.7 Å². The van der Waals surface area contributed by atoms with Crippen molar-refractivity contribution in [3.05, 3.63) is 0 Å². The van der Waals surface area contributed by atoms with Crippen molar-refractivity contribution < 1.29 is 80.2 Å². The lowest BCUT2D eigenvalue weighted by molar-refractivity contribution is -0.161. The molecule has 17 nitrogen and oxygen atoms in total. The molecule has 0 aromatic carbocycles. The van der Waals surface area contributed by atoms with Crippen LogP contribution in [0.2, 0.25) is 0 Å². The lowest BCUT2D eigenvalue weighted by atomic mass is 9.99. The van der Waals surface area contributed by atoms with Crippen molar-refractivity contribution in [2.24, 2.45) is 23.7 Å². The van der Waals surface area contributed by atoms with Crippen molar-refractivity contribution in [1.29, 1.82) is 0 Å². The number of aliphatic hydroxyl groups excluding tert-OH is 1. The first-order valence-electron chi connectivity index (χ1n) is 40.3. The summed E-state index contributed by atoms with van der Waals surface area (Å²) < 4.78 is 68.6. The Labute approximate surface area is 594 Å². The van der Waals surface area contributed by atoms with Crippen LogP contribution in [-0.2, 0) is 65.4 Å². The third kappa shape index (κ3) is 69.5. The van der Waals surface area contributed by atoms with E-state index in [2.05, 4.69) is 55.4 Å². The van der Waals surface area contributed by atoms with Crippen LogP contribution in [0.5, 0.6) is 0 Å². The molecule has 0 amide bonds. The molecule has 7 atom stereocenters. The van der Waals surface area contributed by atoms with Gasteiger partial charge in [0.15, 0.2) is 12.2 Å². The van der Waals surface area contributed by atoms with Gasteiger partial charge >= 0.3 is 39.5 Å². The summed E-state index contributed by atoms with van der Waals surface area (Å²) in [6.45, 7) is 14.2. The number of phosphoric ester groups is 2. The number of esters is 4. The van der Waals surface area contributed by atoms with E-state index in [0.717, 1.165) is 120 Å². The van der Waals surface area contributed by atoms with E-state index in [9.17, 15) is 43.2 Å². The summed E-state index contributed by atoms with van der Waals surface area (Å²) in [4.78, 5) is 72.9. The largest absolute Gasteiger partial charge is 0.472 e. The first kappa shape index (κ1) is 95.1. The fraction of sp³-hybridized carbons (Fsp3) is 0.949. The number of rotatable bonds is 75. The van der Waals surface area contributed by atoms with Gasteiger partial charge in [-0.05, 0) is 49.4 Å². The zero-order valence-electron chi connectivity index (χ0n) is 63.7. The van der Waals surface area contributed by atoms with Crippen molar-refractivity contribution >= 4 is 39.5 Å². The minimum atomic E-state index is -4.96. The summed E-state index contributed by atoms with van der Waals surface area (Å²) in [7, 11) is -9.92. The molecule has 0 aliphatic carbocycles. The van der Waals surface area contributed by atoms with Gasteiger partial charge in [0.2, 0.25) is 0 Å². The molecule has 0 fully saturated rings. The van der Waals surface area contributed by atoms with Crippen molar-refractivity contribution in [2.45, 2.75) is 414 Å². The predicted molar refractivity (Wildman–Crippen MR) is 395 cm³/mol. The average Bonchev–Trinajstić information content (AvgIpc) is 2.17.